The second-order valence-corrected chi connectivity index (χ2v) is 12.2. The smallest absolute Gasteiger partial charge is 0.357 e. The van der Waals surface area contributed by atoms with Gasteiger partial charge in [-0.25, -0.2) is 0 Å². The number of aryl methyl sites for hydroxylation is 1. The largest absolute Gasteiger partial charge is 0.399 e. The van der Waals surface area contributed by atoms with Crippen molar-refractivity contribution < 1.29 is 48.5 Å². The predicted octanol–water partition coefficient (Wildman–Crippen LogP) is 3.24. The Morgan fingerprint density at radius 1 is 0.833 bits per heavy atom. The van der Waals surface area contributed by atoms with E-state index in [1.165, 1.54) is 24.3 Å². The van der Waals surface area contributed by atoms with E-state index in [2.05, 4.69) is 10.6 Å². The lowest BCUT2D eigenvalue weighted by atomic mass is 10.1. The van der Waals surface area contributed by atoms with Crippen molar-refractivity contribution in [3.63, 3.8) is 0 Å². The average molecular weight is 636 g/mol. The number of rotatable bonds is 8. The van der Waals surface area contributed by atoms with Crippen LogP contribution in [0.15, 0.2) is 76.5 Å². The molecule has 4 rings (SSSR count). The topological polar surface area (TPSA) is 239 Å². The predicted molar refractivity (Wildman–Crippen MR) is 153 cm³/mol. The van der Waals surface area contributed by atoms with Crippen LogP contribution in [0.1, 0.15) is 26.3 Å². The molecular formula is C25H21N3O11S3. The normalized spacial score (nSPS) is 12.5. The summed E-state index contributed by atoms with van der Waals surface area (Å²) < 4.78 is 92.7. The SMILES string of the molecule is Cc1ccc(C(=O)Nc2ccc(OS(=O)O)c3cc(S(=O)(=O)O)cc(S(=O)(=O)O)c23)cc1NC(=O)c1cccc(N)c1. The van der Waals surface area contributed by atoms with Crippen LogP contribution in [-0.2, 0) is 31.6 Å². The van der Waals surface area contributed by atoms with Crippen LogP contribution in [0.25, 0.3) is 10.8 Å². The molecule has 42 heavy (non-hydrogen) atoms. The first-order valence-corrected chi connectivity index (χ1v) is 15.4. The van der Waals surface area contributed by atoms with E-state index < -0.39 is 69.7 Å². The molecule has 2 amide bonds. The number of carbonyl (C=O) groups excluding carboxylic acids is 2. The number of amides is 2. The van der Waals surface area contributed by atoms with Crippen molar-refractivity contribution in [1.29, 1.82) is 0 Å². The fourth-order valence-corrected chi connectivity index (χ4v) is 5.63. The Bertz CT molecular complexity index is 2010. The van der Waals surface area contributed by atoms with Crippen LogP contribution in [0.2, 0.25) is 0 Å². The first-order chi connectivity index (χ1) is 19.5. The monoisotopic (exact) mass is 635 g/mol. The van der Waals surface area contributed by atoms with E-state index in [-0.39, 0.29) is 22.5 Å². The summed E-state index contributed by atoms with van der Waals surface area (Å²) >= 11 is -2.95. The Morgan fingerprint density at radius 3 is 2.07 bits per heavy atom. The van der Waals surface area contributed by atoms with Gasteiger partial charge in [0, 0.05) is 33.3 Å². The van der Waals surface area contributed by atoms with Crippen molar-refractivity contribution in [3.05, 3.63) is 83.4 Å². The maximum absolute atomic E-state index is 13.3. The zero-order valence-corrected chi connectivity index (χ0v) is 23.7. The van der Waals surface area contributed by atoms with Crippen LogP contribution in [0.4, 0.5) is 17.1 Å². The van der Waals surface area contributed by atoms with Crippen molar-refractivity contribution in [2.75, 3.05) is 16.4 Å². The Kier molecular flexibility index (Phi) is 8.35. The summed E-state index contributed by atoms with van der Waals surface area (Å²) in [7, 11) is -10.3. The van der Waals surface area contributed by atoms with E-state index in [4.69, 9.17) is 9.92 Å². The van der Waals surface area contributed by atoms with E-state index >= 15 is 0 Å². The van der Waals surface area contributed by atoms with Gasteiger partial charge in [0.2, 0.25) is 0 Å². The second kappa shape index (κ2) is 11.5. The van der Waals surface area contributed by atoms with Gasteiger partial charge in [0.15, 0.2) is 5.75 Å². The van der Waals surface area contributed by atoms with Crippen LogP contribution in [-0.4, -0.2) is 46.5 Å². The maximum atomic E-state index is 13.3. The van der Waals surface area contributed by atoms with Crippen LogP contribution in [0.3, 0.4) is 0 Å². The minimum Gasteiger partial charge on any atom is -0.399 e. The number of carbonyl (C=O) groups is 2. The number of nitrogens with two attached hydrogens (primary N) is 1. The molecule has 0 radical (unpaired) electrons. The highest BCUT2D eigenvalue weighted by atomic mass is 32.2. The summed E-state index contributed by atoms with van der Waals surface area (Å²) in [6.07, 6.45) is 0. The van der Waals surface area contributed by atoms with Crippen LogP contribution in [0, 0.1) is 6.92 Å². The van der Waals surface area contributed by atoms with Crippen LogP contribution >= 0.6 is 0 Å². The minimum absolute atomic E-state index is 0.00336. The zero-order valence-electron chi connectivity index (χ0n) is 21.3. The highest BCUT2D eigenvalue weighted by Gasteiger charge is 2.26. The van der Waals surface area contributed by atoms with Gasteiger partial charge in [-0.05, 0) is 67.1 Å². The highest BCUT2D eigenvalue weighted by Crippen LogP contribution is 2.39. The van der Waals surface area contributed by atoms with Crippen molar-refractivity contribution in [3.8, 4) is 5.75 Å². The summed E-state index contributed by atoms with van der Waals surface area (Å²) in [5.41, 5.74) is 6.95. The van der Waals surface area contributed by atoms with Crippen molar-refractivity contribution >= 4 is 71.2 Å². The van der Waals surface area contributed by atoms with Gasteiger partial charge in [0.25, 0.3) is 32.1 Å². The molecule has 0 saturated carbocycles. The molecule has 4 aromatic rings. The summed E-state index contributed by atoms with van der Waals surface area (Å²) in [5, 5.41) is 4.17. The summed E-state index contributed by atoms with van der Waals surface area (Å²) in [6.45, 7) is 1.68. The Labute approximate surface area is 241 Å². The highest BCUT2D eigenvalue weighted by molar-refractivity contribution is 7.86. The Balaban J connectivity index is 1.80. The number of anilines is 3. The first kappa shape index (κ1) is 30.6. The van der Waals surface area contributed by atoms with E-state index in [0.717, 1.165) is 18.2 Å². The number of nitrogens with one attached hydrogen (secondary N) is 2. The molecule has 14 nitrogen and oxygen atoms in total. The molecule has 0 spiro atoms. The van der Waals surface area contributed by atoms with Crippen molar-refractivity contribution in [2.45, 2.75) is 16.7 Å². The second-order valence-electron chi connectivity index (χ2n) is 8.77. The molecule has 7 N–H and O–H groups in total. The molecule has 0 saturated heterocycles. The van der Waals surface area contributed by atoms with Crippen molar-refractivity contribution in [2.24, 2.45) is 0 Å². The fraction of sp³-hybridized carbons (Fsp3) is 0.0400. The molecule has 1 atom stereocenters. The van der Waals surface area contributed by atoms with Crippen LogP contribution in [0.5, 0.6) is 5.75 Å². The van der Waals surface area contributed by atoms with Gasteiger partial charge in [-0.1, -0.05) is 12.1 Å². The third-order valence-corrected chi connectivity index (χ3v) is 7.93. The molecule has 0 aliphatic heterocycles. The standard InChI is InChI=1S/C25H21N3O11S3/c1-13-5-6-15(10-20(13)28-24(29)14-3-2-4-16(26)9-14)25(30)27-19-7-8-21(39-40(31)32)18-11-17(41(33,34)35)12-22(23(18)19)42(36,37)38/h2-12H,26H2,1H3,(H,27,30)(H,28,29)(H,31,32)(H,33,34,35)(H,36,37,38). The molecule has 17 heteroatoms. The van der Waals surface area contributed by atoms with Gasteiger partial charge >= 0.3 is 11.4 Å². The van der Waals surface area contributed by atoms with Crippen molar-refractivity contribution in [1.82, 2.24) is 0 Å². The molecule has 0 fully saturated rings. The lowest BCUT2D eigenvalue weighted by Gasteiger charge is -2.16. The molecular weight excluding hydrogens is 614 g/mol. The van der Waals surface area contributed by atoms with Gasteiger partial charge in [0.1, 0.15) is 4.90 Å². The van der Waals surface area contributed by atoms with Gasteiger partial charge in [0.05, 0.1) is 10.6 Å². The lowest BCUT2D eigenvalue weighted by molar-refractivity contribution is 0.101. The van der Waals surface area contributed by atoms with Gasteiger partial charge < -0.3 is 20.6 Å². The molecule has 0 aliphatic carbocycles. The third kappa shape index (κ3) is 6.73. The lowest BCUT2D eigenvalue weighted by Crippen LogP contribution is -2.16. The molecule has 0 bridgehead atoms. The summed E-state index contributed by atoms with van der Waals surface area (Å²) in [4.78, 5) is 23.9. The number of hydrogen-bond acceptors (Lipinski definition) is 9. The summed E-state index contributed by atoms with van der Waals surface area (Å²) in [6, 6.07) is 13.8. The average Bonchev–Trinajstić information content (AvgIpc) is 2.89. The molecule has 0 aliphatic rings. The van der Waals surface area contributed by atoms with E-state index in [1.807, 2.05) is 0 Å². The van der Waals surface area contributed by atoms with E-state index in [1.54, 1.807) is 25.1 Å². The first-order valence-electron chi connectivity index (χ1n) is 11.5. The Hall–Kier alpha value is -4.39. The quantitative estimate of drug-likeness (QED) is 0.0929. The number of hydrogen-bond donors (Lipinski definition) is 6. The molecule has 0 aromatic heterocycles. The van der Waals surface area contributed by atoms with Crippen LogP contribution < -0.4 is 20.6 Å². The zero-order chi connectivity index (χ0) is 31.0. The number of nitrogen functional groups attached to an aromatic ring is 1. The van der Waals surface area contributed by atoms with E-state index in [9.17, 15) is 44.3 Å². The summed E-state index contributed by atoms with van der Waals surface area (Å²) in [5.74, 6) is -1.84. The molecule has 0 heterocycles. The Morgan fingerprint density at radius 2 is 1.48 bits per heavy atom. The third-order valence-electron chi connectivity index (χ3n) is 5.89. The number of fused-ring (bicyclic) bond motifs is 1. The van der Waals surface area contributed by atoms with Gasteiger partial charge in [-0.3, -0.25) is 23.2 Å². The molecule has 4 aromatic carbocycles. The maximum Gasteiger partial charge on any atom is 0.357 e. The van der Waals surface area contributed by atoms with Gasteiger partial charge in [-0.15, -0.1) is 0 Å². The number of benzene rings is 4. The molecule has 220 valence electrons. The van der Waals surface area contributed by atoms with Gasteiger partial charge in [-0.2, -0.15) is 21.0 Å². The fourth-order valence-electron chi connectivity index (χ4n) is 3.97. The molecule has 1 unspecified atom stereocenters. The minimum atomic E-state index is -5.21. The van der Waals surface area contributed by atoms with E-state index in [0.29, 0.717) is 17.3 Å².